The first kappa shape index (κ1) is 8.92. The van der Waals surface area contributed by atoms with Crippen LogP contribution in [0.5, 0.6) is 0 Å². The number of sulfonamides is 1. The lowest BCUT2D eigenvalue weighted by molar-refractivity contribution is 0.0430. The monoisotopic (exact) mass is 180 g/mol. The van der Waals surface area contributed by atoms with Crippen LogP contribution in [0.1, 0.15) is 0 Å². The topological polar surface area (TPSA) is 81.4 Å². The zero-order chi connectivity index (χ0) is 8.32. The number of morpholine rings is 1. The summed E-state index contributed by atoms with van der Waals surface area (Å²) in [5, 5.41) is 7.84. The maximum Gasteiger partial charge on any atom is 0.211 e. The average Bonchev–Trinajstić information content (AvgIpc) is 1.85. The number of ether oxygens (including phenoxy) is 1. The van der Waals surface area contributed by atoms with Crippen LogP contribution in [0, 0.1) is 0 Å². The number of nitrogens with one attached hydrogen (secondary N) is 1. The third kappa shape index (κ3) is 3.66. The molecule has 0 aromatic carbocycles. The molecule has 3 N–H and O–H groups in total. The molecular weight excluding hydrogens is 168 g/mol. The van der Waals surface area contributed by atoms with Crippen molar-refractivity contribution < 1.29 is 13.2 Å². The average molecular weight is 180 g/mol. The quantitative estimate of drug-likeness (QED) is 0.528. The minimum absolute atomic E-state index is 0.0972. The van der Waals surface area contributed by atoms with E-state index in [0.717, 1.165) is 6.54 Å². The fourth-order valence-electron chi connectivity index (χ4n) is 0.986. The summed E-state index contributed by atoms with van der Waals surface area (Å²) in [6, 6.07) is 0. The Labute approximate surface area is 66.0 Å². The van der Waals surface area contributed by atoms with Gasteiger partial charge in [0.2, 0.25) is 10.0 Å². The van der Waals surface area contributed by atoms with Crippen LogP contribution < -0.4 is 10.5 Å². The minimum atomic E-state index is -3.39. The number of hydrogen-bond donors (Lipinski definition) is 2. The van der Waals surface area contributed by atoms with Crippen molar-refractivity contribution in [1.82, 2.24) is 5.32 Å². The highest BCUT2D eigenvalue weighted by Gasteiger charge is 2.18. The zero-order valence-electron chi connectivity index (χ0n) is 6.12. The van der Waals surface area contributed by atoms with Crippen molar-refractivity contribution in [3.8, 4) is 0 Å². The van der Waals surface area contributed by atoms with Gasteiger partial charge in [0, 0.05) is 13.1 Å². The molecule has 0 spiro atoms. The fourth-order valence-corrected chi connectivity index (χ4v) is 1.72. The van der Waals surface area contributed by atoms with Crippen LogP contribution >= 0.6 is 0 Å². The Morgan fingerprint density at radius 3 is 2.82 bits per heavy atom. The van der Waals surface area contributed by atoms with E-state index in [-0.39, 0.29) is 11.9 Å². The van der Waals surface area contributed by atoms with Crippen molar-refractivity contribution in [3.63, 3.8) is 0 Å². The molecule has 0 radical (unpaired) electrons. The maximum absolute atomic E-state index is 10.6. The molecule has 0 aromatic heterocycles. The molecule has 0 saturated carbocycles. The molecule has 0 amide bonds. The van der Waals surface area contributed by atoms with E-state index in [0.29, 0.717) is 13.2 Å². The molecule has 1 heterocycles. The largest absolute Gasteiger partial charge is 0.374 e. The van der Waals surface area contributed by atoms with Crippen LogP contribution in [-0.2, 0) is 14.8 Å². The molecule has 1 aliphatic rings. The Morgan fingerprint density at radius 1 is 1.64 bits per heavy atom. The van der Waals surface area contributed by atoms with Gasteiger partial charge in [-0.05, 0) is 0 Å². The van der Waals surface area contributed by atoms with Crippen molar-refractivity contribution in [2.45, 2.75) is 6.10 Å². The van der Waals surface area contributed by atoms with Crippen molar-refractivity contribution in [3.05, 3.63) is 0 Å². The summed E-state index contributed by atoms with van der Waals surface area (Å²) >= 11 is 0. The highest BCUT2D eigenvalue weighted by molar-refractivity contribution is 7.89. The van der Waals surface area contributed by atoms with Crippen LogP contribution in [0.4, 0.5) is 0 Å². The lowest BCUT2D eigenvalue weighted by Crippen LogP contribution is -2.43. The van der Waals surface area contributed by atoms with E-state index in [1.165, 1.54) is 0 Å². The number of rotatable bonds is 2. The highest BCUT2D eigenvalue weighted by Crippen LogP contribution is 1.97. The van der Waals surface area contributed by atoms with E-state index in [4.69, 9.17) is 9.88 Å². The Kier molecular flexibility index (Phi) is 2.83. The summed E-state index contributed by atoms with van der Waals surface area (Å²) in [7, 11) is -3.39. The summed E-state index contributed by atoms with van der Waals surface area (Å²) in [6.45, 7) is 1.90. The molecule has 0 unspecified atom stereocenters. The van der Waals surface area contributed by atoms with E-state index in [2.05, 4.69) is 5.32 Å². The van der Waals surface area contributed by atoms with Gasteiger partial charge in [0.25, 0.3) is 0 Å². The van der Waals surface area contributed by atoms with Crippen molar-refractivity contribution >= 4 is 10.0 Å². The second-order valence-corrected chi connectivity index (χ2v) is 4.19. The number of hydrogen-bond acceptors (Lipinski definition) is 4. The second kappa shape index (κ2) is 3.48. The van der Waals surface area contributed by atoms with Gasteiger partial charge in [-0.2, -0.15) is 0 Å². The first-order chi connectivity index (χ1) is 5.08. The van der Waals surface area contributed by atoms with Gasteiger partial charge >= 0.3 is 0 Å². The van der Waals surface area contributed by atoms with Gasteiger partial charge in [0.05, 0.1) is 18.5 Å². The van der Waals surface area contributed by atoms with Crippen molar-refractivity contribution in [1.29, 1.82) is 0 Å². The Balaban J connectivity index is 2.36. The summed E-state index contributed by atoms with van der Waals surface area (Å²) < 4.78 is 26.3. The molecule has 66 valence electrons. The number of primary sulfonamides is 1. The Hall–Kier alpha value is -0.170. The zero-order valence-corrected chi connectivity index (χ0v) is 6.93. The molecule has 1 saturated heterocycles. The molecule has 1 aliphatic heterocycles. The van der Waals surface area contributed by atoms with Crippen LogP contribution in [-0.4, -0.2) is 40.0 Å². The predicted octanol–water partition coefficient (Wildman–Crippen LogP) is -1.74. The Morgan fingerprint density at radius 2 is 2.36 bits per heavy atom. The predicted molar refractivity (Wildman–Crippen MR) is 40.6 cm³/mol. The Bertz CT molecular complexity index is 208. The molecule has 1 fully saturated rings. The summed E-state index contributed by atoms with van der Waals surface area (Å²) in [4.78, 5) is 0. The van der Waals surface area contributed by atoms with Crippen LogP contribution in [0.25, 0.3) is 0 Å². The maximum atomic E-state index is 10.6. The van der Waals surface area contributed by atoms with Gasteiger partial charge in [-0.25, -0.2) is 13.6 Å². The SMILES string of the molecule is NS(=O)(=O)C[C@@H]1CNCCO1. The molecule has 6 heteroatoms. The fraction of sp³-hybridized carbons (Fsp3) is 1.00. The van der Waals surface area contributed by atoms with Crippen LogP contribution in [0.2, 0.25) is 0 Å². The normalized spacial score (nSPS) is 26.8. The van der Waals surface area contributed by atoms with Crippen molar-refractivity contribution in [2.75, 3.05) is 25.4 Å². The van der Waals surface area contributed by atoms with Gasteiger partial charge < -0.3 is 10.1 Å². The first-order valence-corrected chi connectivity index (χ1v) is 5.12. The lowest BCUT2D eigenvalue weighted by Gasteiger charge is -2.22. The standard InChI is InChI=1S/C5H12N2O3S/c6-11(8,9)4-5-3-7-1-2-10-5/h5,7H,1-4H2,(H2,6,8,9)/t5-/m0/s1. The second-order valence-electron chi connectivity index (χ2n) is 2.53. The van der Waals surface area contributed by atoms with Gasteiger partial charge in [0.15, 0.2) is 0 Å². The summed E-state index contributed by atoms with van der Waals surface area (Å²) in [5.74, 6) is -0.0972. The highest BCUT2D eigenvalue weighted by atomic mass is 32.2. The van der Waals surface area contributed by atoms with Gasteiger partial charge in [-0.1, -0.05) is 0 Å². The van der Waals surface area contributed by atoms with E-state index >= 15 is 0 Å². The molecule has 1 rings (SSSR count). The summed E-state index contributed by atoms with van der Waals surface area (Å²) in [5.41, 5.74) is 0. The molecular formula is C5H12N2O3S. The van der Waals surface area contributed by atoms with E-state index < -0.39 is 10.0 Å². The van der Waals surface area contributed by atoms with Crippen LogP contribution in [0.3, 0.4) is 0 Å². The van der Waals surface area contributed by atoms with Gasteiger partial charge in [0.1, 0.15) is 0 Å². The van der Waals surface area contributed by atoms with Crippen LogP contribution in [0.15, 0.2) is 0 Å². The lowest BCUT2D eigenvalue weighted by atomic mass is 10.3. The minimum Gasteiger partial charge on any atom is -0.374 e. The van der Waals surface area contributed by atoms with Gasteiger partial charge in [-0.3, -0.25) is 0 Å². The summed E-state index contributed by atoms with van der Waals surface area (Å²) in [6.07, 6.45) is -0.279. The smallest absolute Gasteiger partial charge is 0.211 e. The van der Waals surface area contributed by atoms with Crippen molar-refractivity contribution in [2.24, 2.45) is 5.14 Å². The third-order valence-corrected chi connectivity index (χ3v) is 2.26. The molecule has 0 bridgehead atoms. The molecule has 0 aromatic rings. The molecule has 1 atom stereocenters. The molecule has 11 heavy (non-hydrogen) atoms. The third-order valence-electron chi connectivity index (χ3n) is 1.42. The van der Waals surface area contributed by atoms with E-state index in [1.807, 2.05) is 0 Å². The van der Waals surface area contributed by atoms with E-state index in [9.17, 15) is 8.42 Å². The molecule has 0 aliphatic carbocycles. The van der Waals surface area contributed by atoms with E-state index in [1.54, 1.807) is 0 Å². The first-order valence-electron chi connectivity index (χ1n) is 3.41. The van der Waals surface area contributed by atoms with Gasteiger partial charge in [-0.15, -0.1) is 0 Å². The molecule has 5 nitrogen and oxygen atoms in total. The number of nitrogens with two attached hydrogens (primary N) is 1.